The zero-order chi connectivity index (χ0) is 23.9. The molecule has 0 fully saturated rings. The van der Waals surface area contributed by atoms with E-state index in [4.69, 9.17) is 9.47 Å². The SMILES string of the molecule is COC(=O)[C@H](Cc1ccc(OC(C)(C)C)cc1)NC(=O)[C@@H](C)c1ccc(CC(C)C)cc1. The lowest BCUT2D eigenvalue weighted by atomic mass is 9.95. The number of nitrogens with one attached hydrogen (secondary N) is 1. The third kappa shape index (κ3) is 8.03. The number of carbonyl (C=O) groups is 2. The topological polar surface area (TPSA) is 64.6 Å². The summed E-state index contributed by atoms with van der Waals surface area (Å²) in [4.78, 5) is 25.3. The molecule has 1 N–H and O–H groups in total. The van der Waals surface area contributed by atoms with Gasteiger partial charge in [-0.25, -0.2) is 4.79 Å². The first-order valence-electron chi connectivity index (χ1n) is 11.2. The predicted octanol–water partition coefficient (Wildman–Crippen LogP) is 5.07. The molecule has 0 bridgehead atoms. The van der Waals surface area contributed by atoms with Crippen LogP contribution in [-0.4, -0.2) is 30.6 Å². The normalized spacial score (nSPS) is 13.4. The fourth-order valence-electron chi connectivity index (χ4n) is 3.48. The van der Waals surface area contributed by atoms with Crippen LogP contribution in [0.5, 0.6) is 5.75 Å². The monoisotopic (exact) mass is 439 g/mol. The minimum absolute atomic E-state index is 0.204. The first-order chi connectivity index (χ1) is 15.0. The largest absolute Gasteiger partial charge is 0.488 e. The van der Waals surface area contributed by atoms with E-state index < -0.39 is 12.0 Å². The summed E-state index contributed by atoms with van der Waals surface area (Å²) in [5, 5.41) is 2.87. The molecule has 0 aromatic heterocycles. The molecular formula is C27H37NO4. The van der Waals surface area contributed by atoms with Gasteiger partial charge in [-0.05, 0) is 68.9 Å². The van der Waals surface area contributed by atoms with Gasteiger partial charge in [0.05, 0.1) is 13.0 Å². The van der Waals surface area contributed by atoms with E-state index in [1.807, 2.05) is 64.1 Å². The number of amides is 1. The molecule has 0 heterocycles. The summed E-state index contributed by atoms with van der Waals surface area (Å²) in [6.07, 6.45) is 1.35. The van der Waals surface area contributed by atoms with E-state index >= 15 is 0 Å². The highest BCUT2D eigenvalue weighted by Gasteiger charge is 2.25. The van der Waals surface area contributed by atoms with Gasteiger partial charge in [-0.1, -0.05) is 50.2 Å². The molecule has 0 saturated carbocycles. The summed E-state index contributed by atoms with van der Waals surface area (Å²) in [6, 6.07) is 14.9. The maximum Gasteiger partial charge on any atom is 0.328 e. The van der Waals surface area contributed by atoms with Crippen LogP contribution < -0.4 is 10.1 Å². The predicted molar refractivity (Wildman–Crippen MR) is 128 cm³/mol. The van der Waals surface area contributed by atoms with Crippen molar-refractivity contribution >= 4 is 11.9 Å². The van der Waals surface area contributed by atoms with Crippen molar-refractivity contribution in [1.29, 1.82) is 0 Å². The van der Waals surface area contributed by atoms with Crippen LogP contribution in [0, 0.1) is 5.92 Å². The van der Waals surface area contributed by atoms with Crippen LogP contribution in [-0.2, 0) is 27.2 Å². The molecule has 2 rings (SSSR count). The molecule has 2 aromatic rings. The van der Waals surface area contributed by atoms with E-state index in [-0.39, 0.29) is 17.4 Å². The van der Waals surface area contributed by atoms with E-state index in [9.17, 15) is 9.59 Å². The van der Waals surface area contributed by atoms with Crippen molar-refractivity contribution < 1.29 is 19.1 Å². The Morgan fingerprint density at radius 2 is 1.41 bits per heavy atom. The van der Waals surface area contributed by atoms with Crippen molar-refractivity contribution in [3.63, 3.8) is 0 Å². The van der Waals surface area contributed by atoms with E-state index in [2.05, 4.69) is 31.3 Å². The van der Waals surface area contributed by atoms with Crippen molar-refractivity contribution in [3.8, 4) is 5.75 Å². The average Bonchev–Trinajstić information content (AvgIpc) is 2.72. The second kappa shape index (κ2) is 11.2. The lowest BCUT2D eigenvalue weighted by Crippen LogP contribution is -2.44. The van der Waals surface area contributed by atoms with Gasteiger partial charge in [-0.3, -0.25) is 4.79 Å². The molecule has 32 heavy (non-hydrogen) atoms. The lowest BCUT2D eigenvalue weighted by molar-refractivity contribution is -0.145. The molecule has 0 unspecified atom stereocenters. The second-order valence-electron chi connectivity index (χ2n) is 9.71. The van der Waals surface area contributed by atoms with Crippen molar-refractivity contribution in [3.05, 3.63) is 65.2 Å². The molecule has 0 aliphatic rings. The lowest BCUT2D eigenvalue weighted by Gasteiger charge is -2.22. The summed E-state index contributed by atoms with van der Waals surface area (Å²) in [5.74, 6) is 0.293. The van der Waals surface area contributed by atoms with Crippen LogP contribution in [0.25, 0.3) is 0 Å². The fourth-order valence-corrected chi connectivity index (χ4v) is 3.48. The fraction of sp³-hybridized carbons (Fsp3) is 0.481. The number of methoxy groups -OCH3 is 1. The molecule has 5 nitrogen and oxygen atoms in total. The highest BCUT2D eigenvalue weighted by atomic mass is 16.5. The third-order valence-corrected chi connectivity index (χ3v) is 5.11. The van der Waals surface area contributed by atoms with Crippen LogP contribution in [0.4, 0.5) is 0 Å². The van der Waals surface area contributed by atoms with Crippen LogP contribution >= 0.6 is 0 Å². The Morgan fingerprint density at radius 1 is 0.875 bits per heavy atom. The third-order valence-electron chi connectivity index (χ3n) is 5.11. The van der Waals surface area contributed by atoms with Gasteiger partial charge < -0.3 is 14.8 Å². The number of hydrogen-bond donors (Lipinski definition) is 1. The molecule has 5 heteroatoms. The molecule has 0 saturated heterocycles. The number of hydrogen-bond acceptors (Lipinski definition) is 4. The average molecular weight is 440 g/mol. The van der Waals surface area contributed by atoms with Crippen molar-refractivity contribution in [2.24, 2.45) is 5.92 Å². The maximum absolute atomic E-state index is 12.9. The molecular weight excluding hydrogens is 402 g/mol. The summed E-state index contributed by atoms with van der Waals surface area (Å²) in [5.41, 5.74) is 2.80. The van der Waals surface area contributed by atoms with E-state index in [0.29, 0.717) is 12.3 Å². The van der Waals surface area contributed by atoms with E-state index in [1.165, 1.54) is 12.7 Å². The van der Waals surface area contributed by atoms with Gasteiger partial charge in [-0.2, -0.15) is 0 Å². The van der Waals surface area contributed by atoms with Gasteiger partial charge >= 0.3 is 5.97 Å². The van der Waals surface area contributed by atoms with Crippen LogP contribution in [0.15, 0.2) is 48.5 Å². The Balaban J connectivity index is 2.06. The first-order valence-corrected chi connectivity index (χ1v) is 11.2. The van der Waals surface area contributed by atoms with Crippen molar-refractivity contribution in [2.45, 2.75) is 71.9 Å². The molecule has 0 aliphatic carbocycles. The van der Waals surface area contributed by atoms with Crippen molar-refractivity contribution in [1.82, 2.24) is 5.32 Å². The quantitative estimate of drug-likeness (QED) is 0.554. The first kappa shape index (κ1) is 25.4. The van der Waals surface area contributed by atoms with Crippen LogP contribution in [0.1, 0.15) is 64.2 Å². The standard InChI is InChI=1S/C27H37NO4/c1-18(2)16-20-8-12-22(13-9-20)19(3)25(29)28-24(26(30)31-7)17-21-10-14-23(15-11-21)32-27(4,5)6/h8-15,18-19,24H,16-17H2,1-7H3,(H,28,29)/t19-,24-/m0/s1. The zero-order valence-corrected chi connectivity index (χ0v) is 20.4. The Morgan fingerprint density at radius 3 is 1.91 bits per heavy atom. The second-order valence-corrected chi connectivity index (χ2v) is 9.71. The minimum atomic E-state index is -0.760. The van der Waals surface area contributed by atoms with Gasteiger partial charge in [0.1, 0.15) is 17.4 Å². The maximum atomic E-state index is 12.9. The smallest absolute Gasteiger partial charge is 0.328 e. The molecule has 0 radical (unpaired) electrons. The number of esters is 1. The Kier molecular flexibility index (Phi) is 8.88. The van der Waals surface area contributed by atoms with Crippen LogP contribution in [0.3, 0.4) is 0 Å². The Bertz CT molecular complexity index is 879. The molecule has 2 atom stereocenters. The summed E-state index contributed by atoms with van der Waals surface area (Å²) < 4.78 is 10.8. The van der Waals surface area contributed by atoms with Crippen molar-refractivity contribution in [2.75, 3.05) is 7.11 Å². The number of ether oxygens (including phenoxy) is 2. The highest BCUT2D eigenvalue weighted by Crippen LogP contribution is 2.21. The molecule has 0 aliphatic heterocycles. The minimum Gasteiger partial charge on any atom is -0.488 e. The molecule has 2 aromatic carbocycles. The molecule has 1 amide bonds. The number of benzene rings is 2. The number of rotatable bonds is 9. The van der Waals surface area contributed by atoms with Gasteiger partial charge in [0.15, 0.2) is 0 Å². The molecule has 0 spiro atoms. The molecule has 174 valence electrons. The highest BCUT2D eigenvalue weighted by molar-refractivity contribution is 5.88. The van der Waals surface area contributed by atoms with Gasteiger partial charge in [0.2, 0.25) is 5.91 Å². The summed E-state index contributed by atoms with van der Waals surface area (Å²) in [6.45, 7) is 12.2. The summed E-state index contributed by atoms with van der Waals surface area (Å²) >= 11 is 0. The summed E-state index contributed by atoms with van der Waals surface area (Å²) in [7, 11) is 1.33. The van der Waals surface area contributed by atoms with E-state index in [0.717, 1.165) is 23.3 Å². The van der Waals surface area contributed by atoms with Gasteiger partial charge in [0.25, 0.3) is 0 Å². The van der Waals surface area contributed by atoms with Gasteiger partial charge in [-0.15, -0.1) is 0 Å². The van der Waals surface area contributed by atoms with Crippen LogP contribution in [0.2, 0.25) is 0 Å². The Labute approximate surface area is 192 Å². The van der Waals surface area contributed by atoms with Gasteiger partial charge in [0, 0.05) is 6.42 Å². The zero-order valence-electron chi connectivity index (χ0n) is 20.4. The number of carbonyl (C=O) groups excluding carboxylic acids is 2. The Hall–Kier alpha value is -2.82. The van der Waals surface area contributed by atoms with E-state index in [1.54, 1.807) is 0 Å².